The van der Waals surface area contributed by atoms with E-state index in [1.54, 1.807) is 0 Å². The number of carbonyl (C=O) groups is 1. The van der Waals surface area contributed by atoms with Crippen LogP contribution in [0.25, 0.3) is 0 Å². The van der Waals surface area contributed by atoms with Crippen LogP contribution in [0.4, 0.5) is 0 Å². The molecule has 21 heavy (non-hydrogen) atoms. The summed E-state index contributed by atoms with van der Waals surface area (Å²) in [4.78, 5) is 12.3. The predicted octanol–water partition coefficient (Wildman–Crippen LogP) is 2.63. The Hall–Kier alpha value is -1.26. The molecule has 0 unspecified atom stereocenters. The number of carbonyl (C=O) groups excluding carboxylic acids is 1. The van der Waals surface area contributed by atoms with Gasteiger partial charge in [-0.25, -0.2) is 0 Å². The molecule has 2 N–H and O–H groups in total. The molecule has 118 valence electrons. The highest BCUT2D eigenvalue weighted by Crippen LogP contribution is 2.27. The Morgan fingerprint density at radius 1 is 1.33 bits per heavy atom. The van der Waals surface area contributed by atoms with Gasteiger partial charge in [0, 0.05) is 6.54 Å². The Labute approximate surface area is 133 Å². The molecule has 1 aliphatic heterocycles. The number of rotatable bonds is 5. The second kappa shape index (κ2) is 8.25. The van der Waals surface area contributed by atoms with E-state index in [1.807, 2.05) is 31.2 Å². The second-order valence-electron chi connectivity index (χ2n) is 5.67. The van der Waals surface area contributed by atoms with Gasteiger partial charge >= 0.3 is 0 Å². The molecular formula is C16H25ClN2O2. The van der Waals surface area contributed by atoms with E-state index in [-0.39, 0.29) is 23.7 Å². The summed E-state index contributed by atoms with van der Waals surface area (Å²) in [6.07, 6.45) is 2.20. The van der Waals surface area contributed by atoms with E-state index in [9.17, 15) is 4.79 Å². The number of hydrogen-bond acceptors (Lipinski definition) is 3. The topological polar surface area (TPSA) is 50.4 Å². The molecule has 0 spiro atoms. The SMILES string of the molecule is CCOc1ccccc1C(=O)NCC1(C)CCNCC1.Cl. The third kappa shape index (κ3) is 4.90. The van der Waals surface area contributed by atoms with E-state index in [0.717, 1.165) is 25.9 Å². The van der Waals surface area contributed by atoms with Crippen molar-refractivity contribution in [1.82, 2.24) is 10.6 Å². The van der Waals surface area contributed by atoms with E-state index in [2.05, 4.69) is 17.6 Å². The van der Waals surface area contributed by atoms with Crippen LogP contribution in [0.3, 0.4) is 0 Å². The van der Waals surface area contributed by atoms with Gasteiger partial charge in [-0.15, -0.1) is 12.4 Å². The maximum absolute atomic E-state index is 12.3. The number of hydrogen-bond donors (Lipinski definition) is 2. The largest absolute Gasteiger partial charge is 0.493 e. The maximum Gasteiger partial charge on any atom is 0.255 e. The number of piperidine rings is 1. The minimum Gasteiger partial charge on any atom is -0.493 e. The Balaban J connectivity index is 0.00000220. The van der Waals surface area contributed by atoms with Crippen LogP contribution in [0.2, 0.25) is 0 Å². The number of ether oxygens (including phenoxy) is 1. The highest BCUT2D eigenvalue weighted by atomic mass is 35.5. The summed E-state index contributed by atoms with van der Waals surface area (Å²) in [5, 5.41) is 6.41. The zero-order chi connectivity index (χ0) is 14.4. The first-order valence-electron chi connectivity index (χ1n) is 7.35. The number of para-hydroxylation sites is 1. The van der Waals surface area contributed by atoms with Crippen LogP contribution < -0.4 is 15.4 Å². The first-order chi connectivity index (χ1) is 9.64. The van der Waals surface area contributed by atoms with E-state index >= 15 is 0 Å². The summed E-state index contributed by atoms with van der Waals surface area (Å²) < 4.78 is 5.50. The molecule has 0 atom stereocenters. The summed E-state index contributed by atoms with van der Waals surface area (Å²) in [6.45, 7) is 7.50. The fourth-order valence-electron chi connectivity index (χ4n) is 2.53. The average Bonchev–Trinajstić information content (AvgIpc) is 2.47. The van der Waals surface area contributed by atoms with E-state index in [0.29, 0.717) is 24.5 Å². The molecule has 1 saturated heterocycles. The molecule has 0 aliphatic carbocycles. The van der Waals surface area contributed by atoms with Gasteiger partial charge in [-0.3, -0.25) is 4.79 Å². The van der Waals surface area contributed by atoms with Crippen LogP contribution in [0.5, 0.6) is 5.75 Å². The number of benzene rings is 1. The summed E-state index contributed by atoms with van der Waals surface area (Å²) in [5.74, 6) is 0.608. The zero-order valence-corrected chi connectivity index (χ0v) is 13.6. The lowest BCUT2D eigenvalue weighted by atomic mass is 9.81. The fourth-order valence-corrected chi connectivity index (χ4v) is 2.53. The highest BCUT2D eigenvalue weighted by molar-refractivity contribution is 5.96. The summed E-state index contributed by atoms with van der Waals surface area (Å²) >= 11 is 0. The average molecular weight is 313 g/mol. The number of halogens is 1. The van der Waals surface area contributed by atoms with Crippen molar-refractivity contribution in [3.05, 3.63) is 29.8 Å². The maximum atomic E-state index is 12.3. The van der Waals surface area contributed by atoms with Gasteiger partial charge in [-0.05, 0) is 50.4 Å². The zero-order valence-electron chi connectivity index (χ0n) is 12.8. The van der Waals surface area contributed by atoms with Crippen LogP contribution in [-0.4, -0.2) is 32.1 Å². The first kappa shape index (κ1) is 17.8. The van der Waals surface area contributed by atoms with E-state index in [1.165, 1.54) is 0 Å². The molecule has 1 amide bonds. The van der Waals surface area contributed by atoms with Crippen molar-refractivity contribution in [2.45, 2.75) is 26.7 Å². The standard InChI is InChI=1S/C16H24N2O2.ClH/c1-3-20-14-7-5-4-6-13(14)15(19)18-12-16(2)8-10-17-11-9-16;/h4-7,17H,3,8-12H2,1-2H3,(H,18,19);1H. The Kier molecular flexibility index (Phi) is 6.99. The van der Waals surface area contributed by atoms with Gasteiger partial charge in [0.05, 0.1) is 12.2 Å². The van der Waals surface area contributed by atoms with Crippen LogP contribution in [0.15, 0.2) is 24.3 Å². The Morgan fingerprint density at radius 2 is 2.00 bits per heavy atom. The second-order valence-corrected chi connectivity index (χ2v) is 5.67. The normalized spacial score (nSPS) is 16.7. The predicted molar refractivity (Wildman–Crippen MR) is 87.4 cm³/mol. The molecule has 2 rings (SSSR count). The summed E-state index contributed by atoms with van der Waals surface area (Å²) in [7, 11) is 0. The molecule has 1 heterocycles. The van der Waals surface area contributed by atoms with E-state index in [4.69, 9.17) is 4.74 Å². The van der Waals surface area contributed by atoms with Crippen LogP contribution in [0, 0.1) is 5.41 Å². The molecule has 0 saturated carbocycles. The fraction of sp³-hybridized carbons (Fsp3) is 0.562. The Morgan fingerprint density at radius 3 is 2.67 bits per heavy atom. The van der Waals surface area contributed by atoms with Crippen molar-refractivity contribution in [1.29, 1.82) is 0 Å². The summed E-state index contributed by atoms with van der Waals surface area (Å²) in [5.41, 5.74) is 0.813. The van der Waals surface area contributed by atoms with Gasteiger partial charge in [0.25, 0.3) is 5.91 Å². The lowest BCUT2D eigenvalue weighted by Crippen LogP contribution is -2.42. The molecule has 0 bridgehead atoms. The molecule has 4 nitrogen and oxygen atoms in total. The van der Waals surface area contributed by atoms with Crippen molar-refractivity contribution in [2.24, 2.45) is 5.41 Å². The third-order valence-corrected chi connectivity index (χ3v) is 3.92. The number of nitrogens with one attached hydrogen (secondary N) is 2. The van der Waals surface area contributed by atoms with Gasteiger partial charge in [-0.1, -0.05) is 19.1 Å². The van der Waals surface area contributed by atoms with Crippen molar-refractivity contribution < 1.29 is 9.53 Å². The molecule has 5 heteroatoms. The Bertz CT molecular complexity index is 459. The van der Waals surface area contributed by atoms with E-state index < -0.39 is 0 Å². The van der Waals surface area contributed by atoms with Crippen molar-refractivity contribution in [3.8, 4) is 5.75 Å². The lowest BCUT2D eigenvalue weighted by molar-refractivity contribution is 0.0918. The quantitative estimate of drug-likeness (QED) is 0.879. The molecule has 1 aliphatic rings. The lowest BCUT2D eigenvalue weighted by Gasteiger charge is -2.34. The molecule has 1 fully saturated rings. The molecule has 0 aromatic heterocycles. The first-order valence-corrected chi connectivity index (χ1v) is 7.35. The van der Waals surface area contributed by atoms with Crippen molar-refractivity contribution in [3.63, 3.8) is 0 Å². The van der Waals surface area contributed by atoms with Gasteiger partial charge in [0.15, 0.2) is 0 Å². The smallest absolute Gasteiger partial charge is 0.255 e. The van der Waals surface area contributed by atoms with Gasteiger partial charge in [0.2, 0.25) is 0 Å². The molecule has 0 radical (unpaired) electrons. The van der Waals surface area contributed by atoms with Crippen LogP contribution in [-0.2, 0) is 0 Å². The van der Waals surface area contributed by atoms with Crippen molar-refractivity contribution >= 4 is 18.3 Å². The van der Waals surface area contributed by atoms with Gasteiger partial charge < -0.3 is 15.4 Å². The molecular weight excluding hydrogens is 288 g/mol. The third-order valence-electron chi connectivity index (χ3n) is 3.92. The van der Waals surface area contributed by atoms with Crippen molar-refractivity contribution in [2.75, 3.05) is 26.2 Å². The summed E-state index contributed by atoms with van der Waals surface area (Å²) in [6, 6.07) is 7.40. The van der Waals surface area contributed by atoms with Crippen LogP contribution in [0.1, 0.15) is 37.0 Å². The van der Waals surface area contributed by atoms with Gasteiger partial charge in [0.1, 0.15) is 5.75 Å². The molecule has 1 aromatic carbocycles. The minimum absolute atomic E-state index is 0. The minimum atomic E-state index is -0.0474. The monoisotopic (exact) mass is 312 g/mol. The molecule has 1 aromatic rings. The van der Waals surface area contributed by atoms with Gasteiger partial charge in [-0.2, -0.15) is 0 Å². The highest BCUT2D eigenvalue weighted by Gasteiger charge is 2.27. The number of amides is 1. The van der Waals surface area contributed by atoms with Crippen LogP contribution >= 0.6 is 12.4 Å².